The van der Waals surface area contributed by atoms with E-state index < -0.39 is 0 Å². The van der Waals surface area contributed by atoms with E-state index >= 15 is 0 Å². The molecule has 4 aliphatic rings. The average molecular weight is 505 g/mol. The molecule has 2 aromatic rings. The molecule has 5 nitrogen and oxygen atoms in total. The molecule has 0 radical (unpaired) electrons. The molecule has 0 atom stereocenters. The number of carbonyl (C=O) groups is 1. The number of ether oxygens (including phenoxy) is 4. The van der Waals surface area contributed by atoms with Gasteiger partial charge < -0.3 is 18.9 Å². The van der Waals surface area contributed by atoms with Crippen LogP contribution in [0.4, 0.5) is 0 Å². The number of rotatable bonds is 10. The van der Waals surface area contributed by atoms with E-state index in [1.54, 1.807) is 14.2 Å². The van der Waals surface area contributed by atoms with Gasteiger partial charge in [-0.15, -0.1) is 0 Å². The van der Waals surface area contributed by atoms with Crippen LogP contribution in [0.5, 0.6) is 11.5 Å². The largest absolute Gasteiger partial charge is 0.496 e. The van der Waals surface area contributed by atoms with E-state index in [0.717, 1.165) is 46.0 Å². The van der Waals surface area contributed by atoms with Crippen molar-refractivity contribution in [2.45, 2.75) is 57.8 Å². The van der Waals surface area contributed by atoms with Gasteiger partial charge in [-0.3, -0.25) is 0 Å². The van der Waals surface area contributed by atoms with E-state index in [2.05, 4.69) is 25.1 Å². The third-order valence-electron chi connectivity index (χ3n) is 8.67. The number of allylic oxidation sites excluding steroid dienone is 1. The molecule has 0 N–H and O–H groups in total. The maximum Gasteiger partial charge on any atom is 0.338 e. The Morgan fingerprint density at radius 3 is 2.16 bits per heavy atom. The molecule has 0 unspecified atom stereocenters. The van der Waals surface area contributed by atoms with E-state index in [9.17, 15) is 4.79 Å². The van der Waals surface area contributed by atoms with Gasteiger partial charge in [0, 0.05) is 23.7 Å². The Balaban J connectivity index is 1.53. The summed E-state index contributed by atoms with van der Waals surface area (Å²) in [7, 11) is 3.50. The Morgan fingerprint density at radius 2 is 1.59 bits per heavy atom. The predicted octanol–water partition coefficient (Wildman–Crippen LogP) is 6.93. The van der Waals surface area contributed by atoms with Crippen molar-refractivity contribution in [3.63, 3.8) is 0 Å². The van der Waals surface area contributed by atoms with Crippen LogP contribution in [0.25, 0.3) is 11.6 Å². The topological polar surface area (TPSA) is 54.0 Å². The average Bonchev–Trinajstić information content (AvgIpc) is 2.88. The normalized spacial score (nSPS) is 26.3. The molecule has 5 heteroatoms. The third kappa shape index (κ3) is 5.16. The van der Waals surface area contributed by atoms with Crippen LogP contribution in [0.2, 0.25) is 0 Å². The minimum atomic E-state index is -0.291. The number of hydrogen-bond acceptors (Lipinski definition) is 5. The molecule has 0 aromatic heterocycles. The van der Waals surface area contributed by atoms with Gasteiger partial charge in [0.05, 0.1) is 25.9 Å². The summed E-state index contributed by atoms with van der Waals surface area (Å²) in [6, 6.07) is 11.8. The van der Waals surface area contributed by atoms with Gasteiger partial charge in [0.2, 0.25) is 0 Å². The SMILES string of the molecule is CCOC(=O)c1ccc(/C=C(\C)c2ccc(OCCOC)c(C34CC5CC(CC(C5)C3)C4)c2OC)cc1. The monoisotopic (exact) mass is 504 g/mol. The Kier molecular flexibility index (Phi) is 7.62. The highest BCUT2D eigenvalue weighted by atomic mass is 16.5. The number of methoxy groups -OCH3 is 2. The fraction of sp³-hybridized carbons (Fsp3) is 0.531. The molecule has 0 aliphatic heterocycles. The highest BCUT2D eigenvalue weighted by Gasteiger charge is 2.53. The lowest BCUT2D eigenvalue weighted by Crippen LogP contribution is -2.48. The highest BCUT2D eigenvalue weighted by molar-refractivity contribution is 5.90. The lowest BCUT2D eigenvalue weighted by Gasteiger charge is -2.57. The minimum Gasteiger partial charge on any atom is -0.496 e. The van der Waals surface area contributed by atoms with E-state index in [1.807, 2.05) is 31.2 Å². The standard InChI is InChI=1S/C32H40O5/c1-5-36-31(33)26-8-6-22(7-9-26)14-21(2)27-10-11-28(37-13-12-34-3)29(30(27)35-4)32-18-23-15-24(19-32)17-25(16-23)20-32/h6-11,14,23-25H,5,12-13,15-20H2,1-4H3/b21-14+. The molecule has 2 aromatic carbocycles. The Labute approximate surface area is 221 Å². The first kappa shape index (κ1) is 25.8. The summed E-state index contributed by atoms with van der Waals surface area (Å²) < 4.78 is 23.0. The van der Waals surface area contributed by atoms with Crippen LogP contribution in [0.3, 0.4) is 0 Å². The van der Waals surface area contributed by atoms with Gasteiger partial charge in [-0.1, -0.05) is 18.2 Å². The number of esters is 1. The van der Waals surface area contributed by atoms with Crippen LogP contribution >= 0.6 is 0 Å². The second-order valence-electron chi connectivity index (χ2n) is 11.2. The molecule has 198 valence electrons. The molecular formula is C32H40O5. The fourth-order valence-electron chi connectivity index (χ4n) is 7.62. The lowest BCUT2D eigenvalue weighted by molar-refractivity contribution is -0.00764. The number of hydrogen-bond donors (Lipinski definition) is 0. The molecule has 0 amide bonds. The second-order valence-corrected chi connectivity index (χ2v) is 11.2. The summed E-state index contributed by atoms with van der Waals surface area (Å²) in [4.78, 5) is 12.0. The summed E-state index contributed by atoms with van der Waals surface area (Å²) in [5, 5.41) is 0. The molecular weight excluding hydrogens is 464 g/mol. The van der Waals surface area contributed by atoms with E-state index in [4.69, 9.17) is 18.9 Å². The first-order valence-electron chi connectivity index (χ1n) is 13.8. The van der Waals surface area contributed by atoms with E-state index in [0.29, 0.717) is 25.4 Å². The summed E-state index contributed by atoms with van der Waals surface area (Å²) in [5.74, 6) is 4.07. The van der Waals surface area contributed by atoms with Gasteiger partial charge in [-0.25, -0.2) is 4.79 Å². The first-order chi connectivity index (χ1) is 18.0. The lowest BCUT2D eigenvalue weighted by atomic mass is 9.47. The molecule has 0 saturated heterocycles. The molecule has 6 rings (SSSR count). The van der Waals surface area contributed by atoms with Gasteiger partial charge in [0.25, 0.3) is 0 Å². The Hall–Kier alpha value is -2.79. The molecule has 4 aliphatic carbocycles. The van der Waals surface area contributed by atoms with Crippen molar-refractivity contribution in [3.8, 4) is 11.5 Å². The van der Waals surface area contributed by atoms with E-state index in [1.165, 1.54) is 44.1 Å². The molecule has 4 saturated carbocycles. The Bertz CT molecular complexity index is 1110. The van der Waals surface area contributed by atoms with Crippen molar-refractivity contribution in [1.82, 2.24) is 0 Å². The van der Waals surface area contributed by atoms with Crippen LogP contribution in [0.15, 0.2) is 36.4 Å². The fourth-order valence-corrected chi connectivity index (χ4v) is 7.62. The van der Waals surface area contributed by atoms with Crippen LogP contribution in [0.1, 0.15) is 79.4 Å². The quantitative estimate of drug-likeness (QED) is 0.200. The Morgan fingerprint density at radius 1 is 0.946 bits per heavy atom. The van der Waals surface area contributed by atoms with E-state index in [-0.39, 0.29) is 11.4 Å². The van der Waals surface area contributed by atoms with Crippen molar-refractivity contribution in [3.05, 3.63) is 58.7 Å². The summed E-state index contributed by atoms with van der Waals surface area (Å²) in [6.07, 6.45) is 10.0. The molecule has 4 bridgehead atoms. The number of carbonyl (C=O) groups excluding carboxylic acids is 1. The van der Waals surface area contributed by atoms with Crippen LogP contribution in [-0.2, 0) is 14.9 Å². The maximum absolute atomic E-state index is 12.0. The van der Waals surface area contributed by atoms with Gasteiger partial charge in [0.15, 0.2) is 0 Å². The minimum absolute atomic E-state index is 0.125. The smallest absolute Gasteiger partial charge is 0.338 e. The van der Waals surface area contributed by atoms with Crippen LogP contribution in [-0.4, -0.2) is 40.0 Å². The van der Waals surface area contributed by atoms with Gasteiger partial charge >= 0.3 is 5.97 Å². The van der Waals surface area contributed by atoms with Gasteiger partial charge in [-0.05, 0) is 106 Å². The second kappa shape index (κ2) is 10.9. The van der Waals surface area contributed by atoms with Crippen molar-refractivity contribution < 1.29 is 23.7 Å². The number of benzene rings is 2. The van der Waals surface area contributed by atoms with Crippen LogP contribution < -0.4 is 9.47 Å². The van der Waals surface area contributed by atoms with Crippen molar-refractivity contribution in [2.75, 3.05) is 34.0 Å². The van der Waals surface area contributed by atoms with Crippen molar-refractivity contribution in [1.29, 1.82) is 0 Å². The highest BCUT2D eigenvalue weighted by Crippen LogP contribution is 2.63. The predicted molar refractivity (Wildman–Crippen MR) is 146 cm³/mol. The zero-order valence-electron chi connectivity index (χ0n) is 22.7. The summed E-state index contributed by atoms with van der Waals surface area (Å²) >= 11 is 0. The van der Waals surface area contributed by atoms with Crippen LogP contribution in [0, 0.1) is 17.8 Å². The molecule has 0 heterocycles. The summed E-state index contributed by atoms with van der Waals surface area (Å²) in [6.45, 7) is 5.41. The molecule has 0 spiro atoms. The maximum atomic E-state index is 12.0. The summed E-state index contributed by atoms with van der Waals surface area (Å²) in [5.41, 5.74) is 5.21. The van der Waals surface area contributed by atoms with Gasteiger partial charge in [-0.2, -0.15) is 0 Å². The first-order valence-corrected chi connectivity index (χ1v) is 13.8. The van der Waals surface area contributed by atoms with Crippen molar-refractivity contribution >= 4 is 17.6 Å². The van der Waals surface area contributed by atoms with Crippen molar-refractivity contribution in [2.24, 2.45) is 17.8 Å². The van der Waals surface area contributed by atoms with Gasteiger partial charge in [0.1, 0.15) is 18.1 Å². The zero-order valence-corrected chi connectivity index (χ0v) is 22.7. The molecule has 4 fully saturated rings. The third-order valence-corrected chi connectivity index (χ3v) is 8.67. The molecule has 37 heavy (non-hydrogen) atoms. The zero-order chi connectivity index (χ0) is 26.0.